The summed E-state index contributed by atoms with van der Waals surface area (Å²) in [6.07, 6.45) is 2.95. The minimum Gasteiger partial charge on any atom is -0.383 e. The fourth-order valence-corrected chi connectivity index (χ4v) is 4.30. The van der Waals surface area contributed by atoms with Crippen LogP contribution in [-0.4, -0.2) is 28.2 Å². The highest BCUT2D eigenvalue weighted by atomic mass is 79.9. The Hall–Kier alpha value is -1.52. The maximum atomic E-state index is 12.6. The smallest absolute Gasteiger partial charge is 0.244 e. The van der Waals surface area contributed by atoms with Crippen LogP contribution in [0.25, 0.3) is 0 Å². The number of nitrogens with two attached hydrogens (primary N) is 1. The molecule has 0 saturated heterocycles. The summed E-state index contributed by atoms with van der Waals surface area (Å²) in [7, 11) is -3.80. The molecule has 0 bridgehead atoms. The molecule has 2 aromatic rings. The van der Waals surface area contributed by atoms with Crippen LogP contribution in [-0.2, 0) is 16.6 Å². The van der Waals surface area contributed by atoms with E-state index >= 15 is 0 Å². The highest BCUT2D eigenvalue weighted by molar-refractivity contribution is 9.10. The van der Waals surface area contributed by atoms with Gasteiger partial charge in [-0.1, -0.05) is 0 Å². The number of aryl methyl sites for hydroxylation is 2. The van der Waals surface area contributed by atoms with Crippen molar-refractivity contribution in [3.05, 3.63) is 28.4 Å². The molecule has 118 valence electrons. The Bertz CT molecular complexity index is 819. The highest BCUT2D eigenvalue weighted by Crippen LogP contribution is 2.27. The Balaban J connectivity index is 1.94. The first-order chi connectivity index (χ1) is 10.4. The number of sulfonamides is 1. The van der Waals surface area contributed by atoms with Crippen molar-refractivity contribution < 1.29 is 8.42 Å². The normalized spacial score (nSPS) is 18.2. The summed E-state index contributed by atoms with van der Waals surface area (Å²) in [5.74, 6) is 1.22. The van der Waals surface area contributed by atoms with Gasteiger partial charge in [-0.2, -0.15) is 5.10 Å². The Morgan fingerprint density at radius 3 is 3.05 bits per heavy atom. The second kappa shape index (κ2) is 5.60. The van der Waals surface area contributed by atoms with Gasteiger partial charge in [0.25, 0.3) is 0 Å². The molecule has 0 radical (unpaired) electrons. The molecule has 0 aliphatic carbocycles. The summed E-state index contributed by atoms with van der Waals surface area (Å²) < 4.78 is 30.1. The van der Waals surface area contributed by atoms with Gasteiger partial charge in [-0.05, 0) is 41.8 Å². The molecule has 8 nitrogen and oxygen atoms in total. The van der Waals surface area contributed by atoms with Crippen LogP contribution in [0.2, 0.25) is 0 Å². The minimum atomic E-state index is -3.80. The molecule has 0 spiro atoms. The number of fused-ring (bicyclic) bond motifs is 1. The van der Waals surface area contributed by atoms with Gasteiger partial charge >= 0.3 is 0 Å². The summed E-state index contributed by atoms with van der Waals surface area (Å²) in [5, 5.41) is 4.26. The van der Waals surface area contributed by atoms with Crippen molar-refractivity contribution in [2.24, 2.45) is 0 Å². The Kier molecular flexibility index (Phi) is 3.91. The second-order valence-electron chi connectivity index (χ2n) is 5.09. The van der Waals surface area contributed by atoms with E-state index in [0.29, 0.717) is 22.5 Å². The van der Waals surface area contributed by atoms with Crippen molar-refractivity contribution >= 4 is 31.8 Å². The number of halogens is 1. The van der Waals surface area contributed by atoms with Crippen molar-refractivity contribution in [3.8, 4) is 0 Å². The number of nitrogens with one attached hydrogen (secondary N) is 1. The molecule has 3 rings (SSSR count). The van der Waals surface area contributed by atoms with E-state index in [0.717, 1.165) is 13.0 Å². The van der Waals surface area contributed by atoms with Gasteiger partial charge in [-0.3, -0.25) is 0 Å². The molecule has 3 heterocycles. The lowest BCUT2D eigenvalue weighted by molar-refractivity contribution is 0.399. The first-order valence-corrected chi connectivity index (χ1v) is 8.99. The van der Waals surface area contributed by atoms with E-state index in [1.54, 1.807) is 11.6 Å². The maximum absolute atomic E-state index is 12.6. The standard InChI is InChI=1S/C12H15BrN6O2S/c1-7-16-12-9(3-2-4-19(12)17-7)18-22(20,21)10-5-8(13)6-15-11(10)14/h5-6,9,18H,2-4H2,1H3,(H2,14,15). The lowest BCUT2D eigenvalue weighted by Gasteiger charge is -2.23. The molecule has 1 aliphatic heterocycles. The monoisotopic (exact) mass is 386 g/mol. The van der Waals surface area contributed by atoms with E-state index in [9.17, 15) is 8.42 Å². The molecule has 0 saturated carbocycles. The molecule has 2 aromatic heterocycles. The van der Waals surface area contributed by atoms with Gasteiger partial charge in [0.1, 0.15) is 22.4 Å². The van der Waals surface area contributed by atoms with Crippen molar-refractivity contribution in [1.82, 2.24) is 24.5 Å². The zero-order chi connectivity index (χ0) is 15.9. The molecule has 0 aromatic carbocycles. The average Bonchev–Trinajstić information content (AvgIpc) is 2.82. The van der Waals surface area contributed by atoms with Crippen LogP contribution in [0.3, 0.4) is 0 Å². The van der Waals surface area contributed by atoms with Crippen LogP contribution in [0, 0.1) is 6.92 Å². The van der Waals surface area contributed by atoms with Crippen molar-refractivity contribution in [2.45, 2.75) is 37.2 Å². The number of nitrogen functional groups attached to an aromatic ring is 1. The number of hydrogen-bond donors (Lipinski definition) is 2. The van der Waals surface area contributed by atoms with Crippen LogP contribution in [0.4, 0.5) is 5.82 Å². The largest absolute Gasteiger partial charge is 0.383 e. The number of nitrogens with zero attached hydrogens (tertiary/aromatic N) is 4. The molecule has 22 heavy (non-hydrogen) atoms. The Morgan fingerprint density at radius 2 is 2.27 bits per heavy atom. The van der Waals surface area contributed by atoms with Gasteiger partial charge in [-0.15, -0.1) is 0 Å². The summed E-state index contributed by atoms with van der Waals surface area (Å²) >= 11 is 3.21. The summed E-state index contributed by atoms with van der Waals surface area (Å²) in [4.78, 5) is 8.14. The SMILES string of the molecule is Cc1nc2n(n1)CCCC2NS(=O)(=O)c1cc(Br)cnc1N. The fraction of sp³-hybridized carbons (Fsp3) is 0.417. The number of rotatable bonds is 3. The summed E-state index contributed by atoms with van der Waals surface area (Å²) in [6.45, 7) is 2.53. The third-order valence-corrected chi connectivity index (χ3v) is 5.35. The molecule has 10 heteroatoms. The van der Waals surface area contributed by atoms with Crippen LogP contribution in [0.15, 0.2) is 21.6 Å². The molecule has 1 aliphatic rings. The quantitative estimate of drug-likeness (QED) is 0.816. The molecule has 0 amide bonds. The van der Waals surface area contributed by atoms with E-state index in [4.69, 9.17) is 5.73 Å². The first-order valence-electron chi connectivity index (χ1n) is 6.71. The second-order valence-corrected chi connectivity index (χ2v) is 7.69. The van der Waals surface area contributed by atoms with Gasteiger partial charge in [0.05, 0.1) is 6.04 Å². The van der Waals surface area contributed by atoms with Crippen LogP contribution >= 0.6 is 15.9 Å². The van der Waals surface area contributed by atoms with Gasteiger partial charge in [0.15, 0.2) is 0 Å². The molecule has 1 unspecified atom stereocenters. The number of anilines is 1. The molecular formula is C12H15BrN6O2S. The molecule has 1 atom stereocenters. The van der Waals surface area contributed by atoms with E-state index in [-0.39, 0.29) is 10.7 Å². The van der Waals surface area contributed by atoms with Gasteiger partial charge < -0.3 is 5.73 Å². The van der Waals surface area contributed by atoms with E-state index < -0.39 is 16.1 Å². The Labute approximate surface area is 136 Å². The summed E-state index contributed by atoms with van der Waals surface area (Å²) in [6, 6.07) is 1.02. The fourth-order valence-electron chi connectivity index (χ4n) is 2.48. The Morgan fingerprint density at radius 1 is 1.50 bits per heavy atom. The van der Waals surface area contributed by atoms with Crippen molar-refractivity contribution in [2.75, 3.05) is 5.73 Å². The number of aromatic nitrogens is 4. The third kappa shape index (κ3) is 2.85. The predicted octanol–water partition coefficient (Wildman–Crippen LogP) is 1.14. The highest BCUT2D eigenvalue weighted by Gasteiger charge is 2.29. The van der Waals surface area contributed by atoms with E-state index in [1.807, 2.05) is 0 Å². The first kappa shape index (κ1) is 15.4. The molecule has 3 N–H and O–H groups in total. The van der Waals surface area contributed by atoms with Gasteiger partial charge in [0.2, 0.25) is 10.0 Å². The van der Waals surface area contributed by atoms with E-state index in [2.05, 4.69) is 35.7 Å². The van der Waals surface area contributed by atoms with Crippen LogP contribution < -0.4 is 10.5 Å². The van der Waals surface area contributed by atoms with Gasteiger partial charge in [0, 0.05) is 17.2 Å². The van der Waals surface area contributed by atoms with Crippen LogP contribution in [0.5, 0.6) is 0 Å². The summed E-state index contributed by atoms with van der Waals surface area (Å²) in [5.41, 5.74) is 5.70. The molecular weight excluding hydrogens is 372 g/mol. The lowest BCUT2D eigenvalue weighted by atomic mass is 10.1. The third-order valence-electron chi connectivity index (χ3n) is 3.42. The minimum absolute atomic E-state index is 0.0378. The zero-order valence-electron chi connectivity index (χ0n) is 11.8. The van der Waals surface area contributed by atoms with Crippen molar-refractivity contribution in [3.63, 3.8) is 0 Å². The predicted molar refractivity (Wildman–Crippen MR) is 83.4 cm³/mol. The number of hydrogen-bond acceptors (Lipinski definition) is 6. The van der Waals surface area contributed by atoms with Gasteiger partial charge in [-0.25, -0.2) is 27.8 Å². The molecule has 0 fully saturated rings. The van der Waals surface area contributed by atoms with Crippen LogP contribution in [0.1, 0.15) is 30.5 Å². The van der Waals surface area contributed by atoms with Crippen molar-refractivity contribution in [1.29, 1.82) is 0 Å². The zero-order valence-corrected chi connectivity index (χ0v) is 14.2. The average molecular weight is 387 g/mol. The maximum Gasteiger partial charge on any atom is 0.244 e. The topological polar surface area (TPSA) is 116 Å². The van der Waals surface area contributed by atoms with E-state index in [1.165, 1.54) is 12.3 Å². The number of pyridine rings is 1. The lowest BCUT2D eigenvalue weighted by Crippen LogP contribution is -2.33.